The summed E-state index contributed by atoms with van der Waals surface area (Å²) >= 11 is 1.33. The van der Waals surface area contributed by atoms with Crippen molar-refractivity contribution in [2.24, 2.45) is 0 Å². The Kier molecular flexibility index (Phi) is 4.44. The summed E-state index contributed by atoms with van der Waals surface area (Å²) in [6.45, 7) is 1.72. The van der Waals surface area contributed by atoms with E-state index in [4.69, 9.17) is 4.74 Å². The molecule has 25 heavy (non-hydrogen) atoms. The maximum atomic E-state index is 12.3. The zero-order chi connectivity index (χ0) is 17.2. The third kappa shape index (κ3) is 3.26. The lowest BCUT2D eigenvalue weighted by atomic mass is 10.1. The van der Waals surface area contributed by atoms with Crippen LogP contribution in [0.5, 0.6) is 5.75 Å². The Hall–Kier alpha value is -2.35. The van der Waals surface area contributed by atoms with Crippen molar-refractivity contribution in [1.29, 1.82) is 0 Å². The van der Waals surface area contributed by atoms with Crippen molar-refractivity contribution in [3.63, 3.8) is 0 Å². The van der Waals surface area contributed by atoms with E-state index in [-0.39, 0.29) is 5.91 Å². The van der Waals surface area contributed by atoms with Gasteiger partial charge < -0.3 is 14.6 Å². The maximum absolute atomic E-state index is 12.3. The number of benzene rings is 1. The molecule has 3 aromatic rings. The highest BCUT2D eigenvalue weighted by Crippen LogP contribution is 2.27. The van der Waals surface area contributed by atoms with Gasteiger partial charge in [0.05, 0.1) is 12.9 Å². The quantitative estimate of drug-likeness (QED) is 0.723. The Morgan fingerprint density at radius 3 is 2.92 bits per heavy atom. The third-order valence-electron chi connectivity index (χ3n) is 4.44. The summed E-state index contributed by atoms with van der Waals surface area (Å²) in [4.78, 5) is 21.9. The molecule has 7 nitrogen and oxygen atoms in total. The molecule has 8 heteroatoms. The third-order valence-corrected chi connectivity index (χ3v) is 5.26. The molecule has 0 bridgehead atoms. The summed E-state index contributed by atoms with van der Waals surface area (Å²) in [6.07, 6.45) is 3.41. The molecule has 1 N–H and O–H groups in total. The van der Waals surface area contributed by atoms with Gasteiger partial charge >= 0.3 is 0 Å². The number of hydrogen-bond acceptors (Lipinski definition) is 6. The van der Waals surface area contributed by atoms with E-state index in [1.165, 1.54) is 18.2 Å². The van der Waals surface area contributed by atoms with Gasteiger partial charge in [0.15, 0.2) is 5.65 Å². The van der Waals surface area contributed by atoms with Gasteiger partial charge in [-0.25, -0.2) is 4.98 Å². The molecule has 0 unspecified atom stereocenters. The molecule has 2 aromatic heterocycles. The Morgan fingerprint density at radius 1 is 1.28 bits per heavy atom. The summed E-state index contributed by atoms with van der Waals surface area (Å²) in [5.74, 6) is 1.26. The lowest BCUT2D eigenvalue weighted by molar-refractivity contribution is -0.129. The zero-order valence-corrected chi connectivity index (χ0v) is 14.8. The number of nitrogens with zero attached hydrogens (tertiary/aromatic N) is 4. The number of nitrogens with one attached hydrogen (secondary N) is 1. The van der Waals surface area contributed by atoms with Crippen molar-refractivity contribution in [3.05, 3.63) is 18.2 Å². The van der Waals surface area contributed by atoms with E-state index in [1.807, 2.05) is 23.1 Å². The molecule has 1 aliphatic rings. The van der Waals surface area contributed by atoms with Crippen LogP contribution in [0.15, 0.2) is 23.4 Å². The molecule has 0 saturated carbocycles. The number of carbonyl (C=O) groups excluding carboxylic acids is 1. The number of likely N-dealkylation sites (tertiary alicyclic amines) is 1. The average Bonchev–Trinajstić information content (AvgIpc) is 3.03. The van der Waals surface area contributed by atoms with Crippen molar-refractivity contribution in [1.82, 2.24) is 25.1 Å². The Bertz CT molecular complexity index is 920. The van der Waals surface area contributed by atoms with Gasteiger partial charge in [-0.2, -0.15) is 0 Å². The summed E-state index contributed by atoms with van der Waals surface area (Å²) in [6, 6.07) is 5.74. The van der Waals surface area contributed by atoms with Crippen molar-refractivity contribution in [2.45, 2.75) is 24.4 Å². The minimum atomic E-state index is 0.148. The van der Waals surface area contributed by atoms with E-state index in [9.17, 15) is 4.79 Å². The fraction of sp³-hybridized carbons (Fsp3) is 0.412. The predicted molar refractivity (Wildman–Crippen MR) is 96.9 cm³/mol. The molecule has 0 aliphatic carbocycles. The van der Waals surface area contributed by atoms with Crippen LogP contribution >= 0.6 is 11.8 Å². The van der Waals surface area contributed by atoms with E-state index >= 15 is 0 Å². The van der Waals surface area contributed by atoms with Crippen LogP contribution in [0.1, 0.15) is 19.3 Å². The van der Waals surface area contributed by atoms with Crippen LogP contribution < -0.4 is 4.74 Å². The first-order valence-corrected chi connectivity index (χ1v) is 9.34. The topological polar surface area (TPSA) is 84.0 Å². The van der Waals surface area contributed by atoms with E-state index in [1.54, 1.807) is 7.11 Å². The van der Waals surface area contributed by atoms with E-state index in [0.29, 0.717) is 22.1 Å². The van der Waals surface area contributed by atoms with Gasteiger partial charge in [-0.15, -0.1) is 10.2 Å². The molecule has 1 aromatic carbocycles. The van der Waals surface area contributed by atoms with Crippen molar-refractivity contribution in [2.75, 3.05) is 26.0 Å². The molecular weight excluding hydrogens is 338 g/mol. The van der Waals surface area contributed by atoms with Crippen LogP contribution in [0.4, 0.5) is 0 Å². The number of piperidine rings is 1. The lowest BCUT2D eigenvalue weighted by Crippen LogP contribution is -2.36. The summed E-state index contributed by atoms with van der Waals surface area (Å²) in [5.41, 5.74) is 2.32. The molecule has 1 aliphatic heterocycles. The van der Waals surface area contributed by atoms with Gasteiger partial charge in [0.25, 0.3) is 0 Å². The maximum Gasteiger partial charge on any atom is 0.233 e. The number of rotatable bonds is 4. The molecule has 130 valence electrons. The number of aromatic nitrogens is 4. The highest BCUT2D eigenvalue weighted by molar-refractivity contribution is 7.99. The molecule has 1 fully saturated rings. The number of amides is 1. The van der Waals surface area contributed by atoms with Gasteiger partial charge in [-0.05, 0) is 37.5 Å². The summed E-state index contributed by atoms with van der Waals surface area (Å²) in [5, 5.41) is 9.90. The first-order valence-electron chi connectivity index (χ1n) is 8.35. The fourth-order valence-electron chi connectivity index (χ4n) is 3.08. The summed E-state index contributed by atoms with van der Waals surface area (Å²) in [7, 11) is 1.63. The number of aromatic amines is 1. The smallest absolute Gasteiger partial charge is 0.233 e. The predicted octanol–water partition coefficient (Wildman–Crippen LogP) is 2.62. The number of methoxy groups -OCH3 is 1. The van der Waals surface area contributed by atoms with E-state index < -0.39 is 0 Å². The normalized spacial score (nSPS) is 15.0. The molecule has 0 radical (unpaired) electrons. The average molecular weight is 357 g/mol. The van der Waals surface area contributed by atoms with Crippen molar-refractivity contribution >= 4 is 39.7 Å². The lowest BCUT2D eigenvalue weighted by Gasteiger charge is -2.26. The Balaban J connectivity index is 1.52. The van der Waals surface area contributed by atoms with Gasteiger partial charge in [0.2, 0.25) is 11.1 Å². The Morgan fingerprint density at radius 2 is 2.12 bits per heavy atom. The summed E-state index contributed by atoms with van der Waals surface area (Å²) < 4.78 is 5.26. The van der Waals surface area contributed by atoms with Crippen LogP contribution in [0, 0.1) is 0 Å². The largest absolute Gasteiger partial charge is 0.497 e. The molecule has 0 atom stereocenters. The minimum Gasteiger partial charge on any atom is -0.497 e. The first kappa shape index (κ1) is 16.1. The van der Waals surface area contributed by atoms with Crippen LogP contribution in [0.2, 0.25) is 0 Å². The van der Waals surface area contributed by atoms with Crippen LogP contribution in [-0.2, 0) is 4.79 Å². The highest BCUT2D eigenvalue weighted by atomic mass is 32.2. The number of hydrogen-bond donors (Lipinski definition) is 1. The molecule has 0 spiro atoms. The van der Waals surface area contributed by atoms with Gasteiger partial charge in [-0.1, -0.05) is 11.8 Å². The van der Waals surface area contributed by atoms with E-state index in [0.717, 1.165) is 42.6 Å². The standard InChI is InChI=1S/C17H19N5O2S/c1-24-11-5-6-13-12(9-11)15-16(18-13)19-17(21-20-15)25-10-14(23)22-7-3-2-4-8-22/h5-6,9H,2-4,7-8,10H2,1H3,(H,18,19,21). The number of thioether (sulfide) groups is 1. The number of ether oxygens (including phenoxy) is 1. The molecule has 4 rings (SSSR count). The fourth-order valence-corrected chi connectivity index (χ4v) is 3.77. The van der Waals surface area contributed by atoms with E-state index in [2.05, 4.69) is 20.2 Å². The van der Waals surface area contributed by atoms with Gasteiger partial charge in [-0.3, -0.25) is 4.79 Å². The molecule has 1 saturated heterocycles. The first-order chi connectivity index (χ1) is 12.2. The minimum absolute atomic E-state index is 0.148. The van der Waals surface area contributed by atoms with Gasteiger partial charge in [0.1, 0.15) is 11.3 Å². The van der Waals surface area contributed by atoms with Crippen LogP contribution in [0.3, 0.4) is 0 Å². The number of fused-ring (bicyclic) bond motifs is 3. The van der Waals surface area contributed by atoms with Crippen LogP contribution in [0.25, 0.3) is 22.1 Å². The second kappa shape index (κ2) is 6.87. The van der Waals surface area contributed by atoms with Crippen molar-refractivity contribution in [3.8, 4) is 5.75 Å². The van der Waals surface area contributed by atoms with Crippen LogP contribution in [-0.4, -0.2) is 56.9 Å². The molecule has 3 heterocycles. The zero-order valence-electron chi connectivity index (χ0n) is 14.0. The second-order valence-corrected chi connectivity index (χ2v) is 7.00. The number of carbonyl (C=O) groups is 1. The SMILES string of the molecule is COc1ccc2[nH]c3nc(SCC(=O)N4CCCCC4)nnc3c2c1. The monoisotopic (exact) mass is 357 g/mol. The Labute approximate surface area is 149 Å². The highest BCUT2D eigenvalue weighted by Gasteiger charge is 2.17. The molecule has 1 amide bonds. The molecular formula is C17H19N5O2S. The van der Waals surface area contributed by atoms with Crippen molar-refractivity contribution < 1.29 is 9.53 Å². The second-order valence-electron chi connectivity index (χ2n) is 6.06. The number of H-pyrrole nitrogens is 1. The van der Waals surface area contributed by atoms with Gasteiger partial charge in [0, 0.05) is 24.0 Å².